The van der Waals surface area contributed by atoms with E-state index in [1.807, 2.05) is 29.7 Å². The highest BCUT2D eigenvalue weighted by atomic mass is 32.2. The van der Waals surface area contributed by atoms with Crippen molar-refractivity contribution in [2.75, 3.05) is 14.2 Å². The first kappa shape index (κ1) is 13.4. The van der Waals surface area contributed by atoms with Crippen LogP contribution >= 0.6 is 11.8 Å². The number of hydrogen-bond acceptors (Lipinski definition) is 5. The Bertz CT molecular complexity index is 411. The summed E-state index contributed by atoms with van der Waals surface area (Å²) in [5.41, 5.74) is 0.962. The molecule has 5 heteroatoms. The van der Waals surface area contributed by atoms with Gasteiger partial charge in [-0.25, -0.2) is 0 Å². The Morgan fingerprint density at radius 3 is 2.53 bits per heavy atom. The van der Waals surface area contributed by atoms with Crippen LogP contribution < -0.4 is 4.74 Å². The van der Waals surface area contributed by atoms with Gasteiger partial charge in [0.15, 0.2) is 0 Å². The zero-order valence-electron chi connectivity index (χ0n) is 9.67. The maximum absolute atomic E-state index is 11.4. The molecule has 1 atom stereocenters. The lowest BCUT2D eigenvalue weighted by atomic mass is 10.1. The van der Waals surface area contributed by atoms with Crippen molar-refractivity contribution in [3.8, 4) is 11.2 Å². The number of thiocyanates is 1. The summed E-state index contributed by atoms with van der Waals surface area (Å²) in [5, 5.41) is 10.1. The van der Waals surface area contributed by atoms with E-state index in [1.54, 1.807) is 7.11 Å². The number of benzene rings is 1. The number of ether oxygens (including phenoxy) is 2. The van der Waals surface area contributed by atoms with Crippen molar-refractivity contribution in [2.24, 2.45) is 0 Å². The van der Waals surface area contributed by atoms with Crippen LogP contribution in [-0.2, 0) is 16.0 Å². The number of carbonyl (C=O) groups is 1. The monoisotopic (exact) mass is 251 g/mol. The number of nitrogens with zero attached hydrogens (tertiary/aromatic N) is 1. The molecule has 0 aromatic heterocycles. The summed E-state index contributed by atoms with van der Waals surface area (Å²) in [6.45, 7) is 0. The largest absolute Gasteiger partial charge is 0.497 e. The van der Waals surface area contributed by atoms with E-state index in [0.29, 0.717) is 6.42 Å². The van der Waals surface area contributed by atoms with Crippen LogP contribution in [0.25, 0.3) is 0 Å². The summed E-state index contributed by atoms with van der Waals surface area (Å²) >= 11 is 0.914. The molecular weight excluding hydrogens is 238 g/mol. The van der Waals surface area contributed by atoms with Gasteiger partial charge in [-0.2, -0.15) is 5.26 Å². The molecule has 4 nitrogen and oxygen atoms in total. The molecule has 0 fully saturated rings. The Balaban J connectivity index is 2.72. The topological polar surface area (TPSA) is 59.3 Å². The fourth-order valence-corrected chi connectivity index (χ4v) is 1.94. The molecule has 1 rings (SSSR count). The van der Waals surface area contributed by atoms with E-state index < -0.39 is 5.25 Å². The molecule has 0 aliphatic rings. The zero-order valence-corrected chi connectivity index (χ0v) is 10.5. The molecule has 1 unspecified atom stereocenters. The molecule has 0 saturated carbocycles. The predicted molar refractivity (Wildman–Crippen MR) is 65.7 cm³/mol. The van der Waals surface area contributed by atoms with Crippen LogP contribution in [0.5, 0.6) is 5.75 Å². The van der Waals surface area contributed by atoms with Crippen molar-refractivity contribution < 1.29 is 14.3 Å². The van der Waals surface area contributed by atoms with Crippen molar-refractivity contribution >= 4 is 17.7 Å². The maximum atomic E-state index is 11.4. The van der Waals surface area contributed by atoms with Crippen molar-refractivity contribution in [3.05, 3.63) is 29.8 Å². The average Bonchev–Trinajstić information content (AvgIpc) is 2.38. The summed E-state index contributed by atoms with van der Waals surface area (Å²) in [6.07, 6.45) is 0.467. The lowest BCUT2D eigenvalue weighted by molar-refractivity contribution is -0.139. The van der Waals surface area contributed by atoms with Gasteiger partial charge in [0.1, 0.15) is 16.4 Å². The predicted octanol–water partition coefficient (Wildman–Crippen LogP) is 1.99. The third-order valence-corrected chi connectivity index (χ3v) is 2.99. The highest BCUT2D eigenvalue weighted by molar-refractivity contribution is 8.04. The summed E-state index contributed by atoms with van der Waals surface area (Å²) < 4.78 is 9.69. The number of esters is 1. The van der Waals surface area contributed by atoms with Gasteiger partial charge in [0.05, 0.1) is 14.2 Å². The third-order valence-electron chi connectivity index (χ3n) is 2.24. The second-order valence-electron chi connectivity index (χ2n) is 3.27. The Morgan fingerprint density at radius 2 is 2.06 bits per heavy atom. The smallest absolute Gasteiger partial charge is 0.320 e. The van der Waals surface area contributed by atoms with Crippen LogP contribution in [0.3, 0.4) is 0 Å². The normalized spacial score (nSPS) is 11.4. The number of rotatable bonds is 5. The third kappa shape index (κ3) is 4.00. The van der Waals surface area contributed by atoms with E-state index in [0.717, 1.165) is 23.1 Å². The van der Waals surface area contributed by atoms with Crippen molar-refractivity contribution in [1.82, 2.24) is 0 Å². The lowest BCUT2D eigenvalue weighted by Crippen LogP contribution is -2.20. The maximum Gasteiger partial charge on any atom is 0.320 e. The number of nitriles is 1. The van der Waals surface area contributed by atoms with Crippen molar-refractivity contribution in [1.29, 1.82) is 5.26 Å². The summed E-state index contributed by atoms with van der Waals surface area (Å²) in [6, 6.07) is 7.38. The van der Waals surface area contributed by atoms with E-state index >= 15 is 0 Å². The molecule has 0 bridgehead atoms. The molecular formula is C12H13NO3S. The Hall–Kier alpha value is -1.67. The van der Waals surface area contributed by atoms with E-state index in [1.165, 1.54) is 7.11 Å². The van der Waals surface area contributed by atoms with Crippen LogP contribution in [0.4, 0.5) is 0 Å². The second kappa shape index (κ2) is 6.81. The van der Waals surface area contributed by atoms with Gasteiger partial charge in [0.2, 0.25) is 0 Å². The number of hydrogen-bond donors (Lipinski definition) is 0. The highest BCUT2D eigenvalue weighted by Gasteiger charge is 2.20. The molecule has 0 aliphatic carbocycles. The van der Waals surface area contributed by atoms with E-state index in [9.17, 15) is 4.79 Å². The SMILES string of the molecule is COC(=O)C(Cc1ccc(OC)cc1)SC#N. The quantitative estimate of drug-likeness (QED) is 0.591. The molecule has 0 aliphatic heterocycles. The first-order valence-corrected chi connectivity index (χ1v) is 5.84. The van der Waals surface area contributed by atoms with Gasteiger partial charge in [-0.3, -0.25) is 4.79 Å². The molecule has 0 saturated heterocycles. The first-order chi connectivity index (χ1) is 8.21. The lowest BCUT2D eigenvalue weighted by Gasteiger charge is -2.10. The van der Waals surface area contributed by atoms with Crippen LogP contribution in [0.2, 0.25) is 0 Å². The van der Waals surface area contributed by atoms with Gasteiger partial charge in [-0.15, -0.1) is 0 Å². The van der Waals surface area contributed by atoms with Gasteiger partial charge in [0.25, 0.3) is 0 Å². The van der Waals surface area contributed by atoms with E-state index in [-0.39, 0.29) is 5.97 Å². The minimum Gasteiger partial charge on any atom is -0.497 e. The first-order valence-electron chi connectivity index (χ1n) is 4.96. The Morgan fingerprint density at radius 1 is 1.41 bits per heavy atom. The molecule has 0 spiro atoms. The van der Waals surface area contributed by atoms with Crippen LogP contribution in [-0.4, -0.2) is 25.4 Å². The second-order valence-corrected chi connectivity index (χ2v) is 4.26. The summed E-state index contributed by atoms with van der Waals surface area (Å²) in [7, 11) is 2.92. The number of carbonyl (C=O) groups excluding carboxylic acids is 1. The highest BCUT2D eigenvalue weighted by Crippen LogP contribution is 2.19. The fourth-order valence-electron chi connectivity index (χ4n) is 1.34. The summed E-state index contributed by atoms with van der Waals surface area (Å²) in [4.78, 5) is 11.4. The molecule has 1 aromatic rings. The molecule has 1 aromatic carbocycles. The van der Waals surface area contributed by atoms with Crippen molar-refractivity contribution in [3.63, 3.8) is 0 Å². The van der Waals surface area contributed by atoms with E-state index in [4.69, 9.17) is 10.00 Å². The van der Waals surface area contributed by atoms with Gasteiger partial charge < -0.3 is 9.47 Å². The van der Waals surface area contributed by atoms with Crippen LogP contribution in [0, 0.1) is 10.7 Å². The number of thioether (sulfide) groups is 1. The van der Waals surface area contributed by atoms with Gasteiger partial charge in [0, 0.05) is 0 Å². The van der Waals surface area contributed by atoms with Crippen molar-refractivity contribution in [2.45, 2.75) is 11.7 Å². The Labute approximate surface area is 105 Å². The number of methoxy groups -OCH3 is 2. The molecule has 17 heavy (non-hydrogen) atoms. The van der Waals surface area contributed by atoms with Crippen LogP contribution in [0.15, 0.2) is 24.3 Å². The van der Waals surface area contributed by atoms with Gasteiger partial charge in [-0.1, -0.05) is 12.1 Å². The molecule has 0 heterocycles. The standard InChI is InChI=1S/C12H13NO3S/c1-15-10-5-3-9(4-6-10)7-11(17-8-13)12(14)16-2/h3-6,11H,7H2,1-2H3. The van der Waals surface area contributed by atoms with Gasteiger partial charge in [-0.05, 0) is 35.9 Å². The molecule has 0 N–H and O–H groups in total. The van der Waals surface area contributed by atoms with E-state index in [2.05, 4.69) is 4.74 Å². The van der Waals surface area contributed by atoms with Gasteiger partial charge >= 0.3 is 5.97 Å². The molecule has 0 amide bonds. The minimum atomic E-state index is -0.488. The summed E-state index contributed by atoms with van der Waals surface area (Å²) in [5.74, 6) is 0.378. The Kier molecular flexibility index (Phi) is 5.37. The average molecular weight is 251 g/mol. The zero-order chi connectivity index (χ0) is 12.7. The molecule has 90 valence electrons. The fraction of sp³-hybridized carbons (Fsp3) is 0.333. The molecule has 0 radical (unpaired) electrons. The van der Waals surface area contributed by atoms with Crippen LogP contribution in [0.1, 0.15) is 5.56 Å². The minimum absolute atomic E-state index is 0.382.